The van der Waals surface area contributed by atoms with Crippen LogP contribution in [-0.2, 0) is 4.79 Å². The van der Waals surface area contributed by atoms with E-state index < -0.39 is 0 Å². The fraction of sp³-hybridized carbons (Fsp3) is 0.720. The Hall–Kier alpha value is -1.55. The van der Waals surface area contributed by atoms with Gasteiger partial charge in [0.2, 0.25) is 5.91 Å². The largest absolute Gasteiger partial charge is 0.367 e. The van der Waals surface area contributed by atoms with Crippen LogP contribution in [0.5, 0.6) is 0 Å². The highest BCUT2D eigenvalue weighted by molar-refractivity contribution is 5.92. The van der Waals surface area contributed by atoms with Gasteiger partial charge in [0.15, 0.2) is 0 Å². The molecule has 1 aromatic carbocycles. The van der Waals surface area contributed by atoms with Crippen molar-refractivity contribution in [2.75, 3.05) is 36.9 Å². The second-order valence-corrected chi connectivity index (χ2v) is 9.78. The minimum Gasteiger partial charge on any atom is -0.367 e. The molecule has 2 aliphatic heterocycles. The van der Waals surface area contributed by atoms with E-state index in [1.807, 2.05) is 0 Å². The van der Waals surface area contributed by atoms with E-state index in [1.54, 1.807) is 0 Å². The van der Waals surface area contributed by atoms with Crippen molar-refractivity contribution in [3.63, 3.8) is 0 Å². The third-order valence-corrected chi connectivity index (χ3v) is 7.63. The van der Waals surface area contributed by atoms with Gasteiger partial charge in [-0.2, -0.15) is 0 Å². The second kappa shape index (κ2) is 9.51. The summed E-state index contributed by atoms with van der Waals surface area (Å²) in [6.45, 7) is 5.83. The molecule has 2 saturated heterocycles. The first kappa shape index (κ1) is 20.7. The van der Waals surface area contributed by atoms with Gasteiger partial charge >= 0.3 is 0 Å². The number of hydrogen-bond donors (Lipinski definition) is 1. The number of anilines is 2. The van der Waals surface area contributed by atoms with Crippen molar-refractivity contribution in [1.29, 1.82) is 0 Å². The van der Waals surface area contributed by atoms with Crippen molar-refractivity contribution in [3.8, 4) is 0 Å². The number of unbranched alkanes of at least 4 members (excludes halogenated alkanes) is 2. The van der Waals surface area contributed by atoms with Gasteiger partial charge in [0, 0.05) is 43.0 Å². The average Bonchev–Trinajstić information content (AvgIpc) is 3.28. The summed E-state index contributed by atoms with van der Waals surface area (Å²) in [5, 5.41) is 3.18. The number of likely N-dealkylation sites (N-methyl/N-ethyl adjacent to an activating group) is 1. The highest BCUT2D eigenvalue weighted by Gasteiger charge is 2.40. The topological polar surface area (TPSA) is 35.6 Å². The minimum atomic E-state index is 0.200. The van der Waals surface area contributed by atoms with Gasteiger partial charge in [0.05, 0.1) is 0 Å². The van der Waals surface area contributed by atoms with E-state index in [9.17, 15) is 4.79 Å². The Balaban J connectivity index is 1.26. The fourth-order valence-electron chi connectivity index (χ4n) is 5.87. The smallest absolute Gasteiger partial charge is 0.227 e. The van der Waals surface area contributed by atoms with E-state index in [-0.39, 0.29) is 11.8 Å². The van der Waals surface area contributed by atoms with Gasteiger partial charge in [-0.05, 0) is 75.3 Å². The van der Waals surface area contributed by atoms with E-state index in [0.717, 1.165) is 36.9 Å². The lowest BCUT2D eigenvalue weighted by atomic mass is 9.79. The van der Waals surface area contributed by atoms with Crippen molar-refractivity contribution >= 4 is 17.3 Å². The zero-order chi connectivity index (χ0) is 20.2. The summed E-state index contributed by atoms with van der Waals surface area (Å²) in [7, 11) is 2.23. The molecule has 0 bridgehead atoms. The monoisotopic (exact) mass is 397 g/mol. The van der Waals surface area contributed by atoms with Crippen molar-refractivity contribution in [3.05, 3.63) is 24.3 Å². The van der Waals surface area contributed by atoms with E-state index in [0.29, 0.717) is 6.04 Å². The van der Waals surface area contributed by atoms with Gasteiger partial charge in [-0.15, -0.1) is 0 Å². The van der Waals surface area contributed by atoms with Crippen LogP contribution in [0, 0.1) is 17.8 Å². The molecule has 0 unspecified atom stereocenters. The molecule has 1 aromatic rings. The van der Waals surface area contributed by atoms with E-state index in [1.165, 1.54) is 63.7 Å². The SMILES string of the molecule is CCCCCC1CCC(C(=O)Nc2ccc(N3CC[C@H]4CN(C)C[C@H]43)cc2)CC1. The van der Waals surface area contributed by atoms with E-state index in [4.69, 9.17) is 0 Å². The number of nitrogens with one attached hydrogen (secondary N) is 1. The molecule has 2 heterocycles. The molecular weight excluding hydrogens is 358 g/mol. The van der Waals surface area contributed by atoms with Gasteiger partial charge in [-0.3, -0.25) is 4.79 Å². The van der Waals surface area contributed by atoms with Crippen molar-refractivity contribution in [2.24, 2.45) is 17.8 Å². The van der Waals surface area contributed by atoms with Gasteiger partial charge in [0.1, 0.15) is 0 Å². The first-order chi connectivity index (χ1) is 14.1. The van der Waals surface area contributed by atoms with Crippen molar-refractivity contribution in [2.45, 2.75) is 70.8 Å². The molecule has 1 N–H and O–H groups in total. The van der Waals surface area contributed by atoms with Crippen LogP contribution in [0.2, 0.25) is 0 Å². The Morgan fingerprint density at radius 2 is 1.79 bits per heavy atom. The summed E-state index contributed by atoms with van der Waals surface area (Å²) < 4.78 is 0. The van der Waals surface area contributed by atoms with E-state index >= 15 is 0 Å². The van der Waals surface area contributed by atoms with Crippen LogP contribution in [0.25, 0.3) is 0 Å². The van der Waals surface area contributed by atoms with Crippen LogP contribution in [0.15, 0.2) is 24.3 Å². The van der Waals surface area contributed by atoms with Crippen LogP contribution in [-0.4, -0.2) is 43.5 Å². The third-order valence-electron chi connectivity index (χ3n) is 7.63. The fourth-order valence-corrected chi connectivity index (χ4v) is 5.87. The van der Waals surface area contributed by atoms with Crippen molar-refractivity contribution < 1.29 is 4.79 Å². The van der Waals surface area contributed by atoms with Crippen LogP contribution in [0.3, 0.4) is 0 Å². The summed E-state index contributed by atoms with van der Waals surface area (Å²) >= 11 is 0. The van der Waals surface area contributed by atoms with E-state index in [2.05, 4.69) is 53.4 Å². The molecule has 1 aliphatic carbocycles. The number of nitrogens with zero attached hydrogens (tertiary/aromatic N) is 2. The summed E-state index contributed by atoms with van der Waals surface area (Å²) in [5.41, 5.74) is 2.25. The molecule has 0 aromatic heterocycles. The number of rotatable bonds is 7. The van der Waals surface area contributed by atoms with Crippen molar-refractivity contribution in [1.82, 2.24) is 4.90 Å². The second-order valence-electron chi connectivity index (χ2n) is 9.78. The Bertz CT molecular complexity index is 665. The summed E-state index contributed by atoms with van der Waals surface area (Å²) in [6.07, 6.45) is 11.2. The van der Waals surface area contributed by atoms with Crippen LogP contribution in [0.1, 0.15) is 64.7 Å². The summed E-state index contributed by atoms with van der Waals surface area (Å²) in [4.78, 5) is 17.8. The predicted molar refractivity (Wildman–Crippen MR) is 121 cm³/mol. The lowest BCUT2D eigenvalue weighted by Gasteiger charge is -2.28. The summed E-state index contributed by atoms with van der Waals surface area (Å²) in [5.74, 6) is 2.09. The van der Waals surface area contributed by atoms with Crippen LogP contribution in [0.4, 0.5) is 11.4 Å². The molecule has 4 nitrogen and oxygen atoms in total. The van der Waals surface area contributed by atoms with Gasteiger partial charge in [0.25, 0.3) is 0 Å². The zero-order valence-corrected chi connectivity index (χ0v) is 18.4. The molecule has 0 spiro atoms. The predicted octanol–water partition coefficient (Wildman–Crippen LogP) is 5.15. The highest BCUT2D eigenvalue weighted by Crippen LogP contribution is 2.35. The normalized spacial score (nSPS) is 29.8. The van der Waals surface area contributed by atoms with Crippen LogP contribution >= 0.6 is 0 Å². The molecule has 1 amide bonds. The molecule has 4 heteroatoms. The Kier molecular flexibility index (Phi) is 6.79. The molecule has 1 saturated carbocycles. The molecule has 29 heavy (non-hydrogen) atoms. The molecule has 0 radical (unpaired) electrons. The maximum absolute atomic E-state index is 12.7. The minimum absolute atomic E-state index is 0.200. The zero-order valence-electron chi connectivity index (χ0n) is 18.4. The Morgan fingerprint density at radius 3 is 2.52 bits per heavy atom. The lowest BCUT2D eigenvalue weighted by molar-refractivity contribution is -0.121. The maximum atomic E-state index is 12.7. The number of carbonyl (C=O) groups is 1. The number of carbonyl (C=O) groups excluding carboxylic acids is 1. The van der Waals surface area contributed by atoms with Gasteiger partial charge < -0.3 is 15.1 Å². The standard InChI is InChI=1S/C25H39N3O/c1-3-4-5-6-19-7-9-20(10-8-19)25(29)26-22-11-13-23(14-12-22)28-16-15-21-17-27(2)18-24(21)28/h11-14,19-21,24H,3-10,15-18H2,1-2H3,(H,26,29)/t19?,20?,21-,24+/m0/s1. The number of likely N-dealkylation sites (tertiary alicyclic amines) is 1. The lowest BCUT2D eigenvalue weighted by Crippen LogP contribution is -2.34. The number of amides is 1. The maximum Gasteiger partial charge on any atom is 0.227 e. The molecule has 4 rings (SSSR count). The first-order valence-corrected chi connectivity index (χ1v) is 12.0. The molecule has 3 aliphatic rings. The van der Waals surface area contributed by atoms with Crippen LogP contribution < -0.4 is 10.2 Å². The molecule has 2 atom stereocenters. The highest BCUT2D eigenvalue weighted by atomic mass is 16.1. The Morgan fingerprint density at radius 1 is 1.03 bits per heavy atom. The number of fused-ring (bicyclic) bond motifs is 1. The summed E-state index contributed by atoms with van der Waals surface area (Å²) in [6, 6.07) is 9.24. The third kappa shape index (κ3) is 4.96. The Labute approximate surface area is 177 Å². The number of benzene rings is 1. The van der Waals surface area contributed by atoms with Gasteiger partial charge in [-0.25, -0.2) is 0 Å². The molecular formula is C25H39N3O. The quantitative estimate of drug-likeness (QED) is 0.646. The first-order valence-electron chi connectivity index (χ1n) is 12.0. The number of hydrogen-bond acceptors (Lipinski definition) is 3. The molecule has 160 valence electrons. The van der Waals surface area contributed by atoms with Gasteiger partial charge in [-0.1, -0.05) is 32.6 Å². The average molecular weight is 398 g/mol. The molecule has 3 fully saturated rings.